The monoisotopic (exact) mass is 504 g/mol. The highest BCUT2D eigenvalue weighted by molar-refractivity contribution is 7.99. The lowest BCUT2D eigenvalue weighted by molar-refractivity contribution is -0.113. The molecule has 0 fully saturated rings. The van der Waals surface area contributed by atoms with Crippen LogP contribution in [0.5, 0.6) is 5.75 Å². The molecule has 0 saturated heterocycles. The van der Waals surface area contributed by atoms with Crippen molar-refractivity contribution in [1.82, 2.24) is 14.8 Å². The van der Waals surface area contributed by atoms with Crippen LogP contribution in [0.2, 0.25) is 10.0 Å². The number of nitrogens with zero attached hydrogens (tertiary/aromatic N) is 3. The first kappa shape index (κ1) is 25.1. The molecule has 1 aromatic heterocycles. The average Bonchev–Trinajstić information content (AvgIpc) is 3.15. The zero-order chi connectivity index (χ0) is 24.0. The number of thioether (sulfide) groups is 1. The van der Waals surface area contributed by atoms with Gasteiger partial charge in [-0.15, -0.1) is 16.8 Å². The van der Waals surface area contributed by atoms with E-state index >= 15 is 0 Å². The van der Waals surface area contributed by atoms with E-state index in [-0.39, 0.29) is 18.3 Å². The molecule has 0 aliphatic rings. The third-order valence-corrected chi connectivity index (χ3v) is 6.49. The molecule has 2 aromatic carbocycles. The maximum absolute atomic E-state index is 12.4. The Morgan fingerprint density at radius 1 is 1.21 bits per heavy atom. The highest BCUT2D eigenvalue weighted by Crippen LogP contribution is 2.29. The number of ether oxygens (including phenoxy) is 1. The Balaban J connectivity index is 1.67. The molecule has 0 radical (unpaired) electrons. The summed E-state index contributed by atoms with van der Waals surface area (Å²) < 4.78 is 8.02. The number of carbonyl (C=O) groups is 1. The summed E-state index contributed by atoms with van der Waals surface area (Å²) in [6.07, 6.45) is 1.76. The lowest BCUT2D eigenvalue weighted by atomic mass is 10.0. The van der Waals surface area contributed by atoms with E-state index in [1.54, 1.807) is 24.3 Å². The summed E-state index contributed by atoms with van der Waals surface area (Å²) in [6.45, 7) is 10.9. The Morgan fingerprint density at radius 2 is 2.00 bits per heavy atom. The molecule has 3 aromatic rings. The van der Waals surface area contributed by atoms with E-state index in [1.807, 2.05) is 17.6 Å². The molecule has 33 heavy (non-hydrogen) atoms. The molecular weight excluding hydrogens is 479 g/mol. The second-order valence-electron chi connectivity index (χ2n) is 7.75. The Bertz CT molecular complexity index is 1150. The van der Waals surface area contributed by atoms with Gasteiger partial charge < -0.3 is 10.1 Å². The molecule has 1 amide bonds. The van der Waals surface area contributed by atoms with Gasteiger partial charge in [-0.1, -0.05) is 67.0 Å². The fraction of sp³-hybridized carbons (Fsp3) is 0.292. The van der Waals surface area contributed by atoms with Crippen LogP contribution in [0, 0.1) is 6.92 Å². The molecular formula is C24H26Cl2N4O2S. The van der Waals surface area contributed by atoms with Gasteiger partial charge in [-0.05, 0) is 48.2 Å². The number of allylic oxidation sites excluding steroid dienone is 1. The van der Waals surface area contributed by atoms with Gasteiger partial charge in [-0.25, -0.2) is 0 Å². The molecule has 0 atom stereocenters. The van der Waals surface area contributed by atoms with Gasteiger partial charge in [0.05, 0.1) is 15.8 Å². The van der Waals surface area contributed by atoms with E-state index in [4.69, 9.17) is 27.9 Å². The summed E-state index contributed by atoms with van der Waals surface area (Å²) in [6, 6.07) is 11.2. The molecule has 9 heteroatoms. The number of halogens is 2. The molecule has 6 nitrogen and oxygen atoms in total. The van der Waals surface area contributed by atoms with Crippen molar-refractivity contribution in [3.63, 3.8) is 0 Å². The quantitative estimate of drug-likeness (QED) is 0.251. The standard InChI is InChI=1S/C24H26Cl2N4O2S/c1-5-10-30-22(13-32-21-11-16(4)6-8-18(21)15(2)3)28-29-24(30)33-14-23(31)27-17-7-9-19(25)20(26)12-17/h5-9,11-12,15H,1,10,13-14H2,2-4H3,(H,27,31). The van der Waals surface area contributed by atoms with Gasteiger partial charge in [-0.2, -0.15) is 0 Å². The number of hydrogen-bond acceptors (Lipinski definition) is 5. The number of rotatable bonds is 10. The van der Waals surface area contributed by atoms with Crippen LogP contribution in [0.25, 0.3) is 0 Å². The van der Waals surface area contributed by atoms with E-state index in [1.165, 1.54) is 11.8 Å². The van der Waals surface area contributed by atoms with Crippen LogP contribution in [-0.4, -0.2) is 26.4 Å². The Labute approximate surface area is 208 Å². The van der Waals surface area contributed by atoms with Gasteiger partial charge in [0, 0.05) is 12.2 Å². The molecule has 3 rings (SSSR count). The Hall–Kier alpha value is -2.48. The predicted octanol–water partition coefficient (Wildman–Crippen LogP) is 6.51. The van der Waals surface area contributed by atoms with E-state index < -0.39 is 0 Å². The Kier molecular flexibility index (Phi) is 8.83. The summed E-state index contributed by atoms with van der Waals surface area (Å²) in [5, 5.41) is 12.8. The number of aryl methyl sites for hydroxylation is 1. The maximum Gasteiger partial charge on any atom is 0.234 e. The van der Waals surface area contributed by atoms with Crippen LogP contribution >= 0.6 is 35.0 Å². The predicted molar refractivity (Wildman–Crippen MR) is 136 cm³/mol. The molecule has 174 valence electrons. The highest BCUT2D eigenvalue weighted by atomic mass is 35.5. The average molecular weight is 505 g/mol. The SMILES string of the molecule is C=CCn1c(COc2cc(C)ccc2C(C)C)nnc1SCC(=O)Nc1ccc(Cl)c(Cl)c1. The zero-order valence-corrected chi connectivity index (χ0v) is 21.1. The Morgan fingerprint density at radius 3 is 2.70 bits per heavy atom. The fourth-order valence-electron chi connectivity index (χ4n) is 3.13. The third-order valence-electron chi connectivity index (χ3n) is 4.79. The van der Waals surface area contributed by atoms with Gasteiger partial charge in [0.1, 0.15) is 12.4 Å². The lowest BCUT2D eigenvalue weighted by Crippen LogP contribution is -2.15. The molecule has 0 bridgehead atoms. The number of hydrogen-bond donors (Lipinski definition) is 1. The summed E-state index contributed by atoms with van der Waals surface area (Å²) >= 11 is 13.2. The molecule has 0 unspecified atom stereocenters. The zero-order valence-electron chi connectivity index (χ0n) is 18.8. The van der Waals surface area contributed by atoms with Crippen molar-refractivity contribution in [2.75, 3.05) is 11.1 Å². The van der Waals surface area contributed by atoms with Crippen molar-refractivity contribution in [3.05, 3.63) is 76.0 Å². The normalized spacial score (nSPS) is 11.0. The number of carbonyl (C=O) groups excluding carboxylic acids is 1. The first-order chi connectivity index (χ1) is 15.8. The van der Waals surface area contributed by atoms with Crippen molar-refractivity contribution in [3.8, 4) is 5.75 Å². The molecule has 1 heterocycles. The minimum absolute atomic E-state index is 0.158. The third kappa shape index (κ3) is 6.76. The maximum atomic E-state index is 12.4. The summed E-state index contributed by atoms with van der Waals surface area (Å²) in [5.74, 6) is 1.82. The molecule has 0 spiro atoms. The van der Waals surface area contributed by atoms with Crippen LogP contribution in [0.3, 0.4) is 0 Å². The van der Waals surface area contributed by atoms with Crippen LogP contribution in [0.1, 0.15) is 36.7 Å². The van der Waals surface area contributed by atoms with Crippen molar-refractivity contribution >= 4 is 46.6 Å². The van der Waals surface area contributed by atoms with E-state index in [0.29, 0.717) is 39.2 Å². The second kappa shape index (κ2) is 11.6. The first-order valence-electron chi connectivity index (χ1n) is 10.4. The number of benzene rings is 2. The van der Waals surface area contributed by atoms with Crippen LogP contribution in [0.4, 0.5) is 5.69 Å². The van der Waals surface area contributed by atoms with Crippen LogP contribution < -0.4 is 10.1 Å². The molecule has 0 aliphatic heterocycles. The van der Waals surface area contributed by atoms with Gasteiger partial charge in [0.25, 0.3) is 0 Å². The second-order valence-corrected chi connectivity index (χ2v) is 9.51. The van der Waals surface area contributed by atoms with E-state index in [2.05, 4.69) is 48.1 Å². The molecule has 1 N–H and O–H groups in total. The summed E-state index contributed by atoms with van der Waals surface area (Å²) in [4.78, 5) is 12.4. The summed E-state index contributed by atoms with van der Waals surface area (Å²) in [7, 11) is 0. The summed E-state index contributed by atoms with van der Waals surface area (Å²) in [5.41, 5.74) is 2.85. The number of nitrogens with one attached hydrogen (secondary N) is 1. The number of aromatic nitrogens is 3. The fourth-order valence-corrected chi connectivity index (χ4v) is 4.20. The van der Waals surface area contributed by atoms with Crippen molar-refractivity contribution < 1.29 is 9.53 Å². The largest absolute Gasteiger partial charge is 0.485 e. The number of anilines is 1. The van der Waals surface area contributed by atoms with Crippen molar-refractivity contribution in [2.24, 2.45) is 0 Å². The van der Waals surface area contributed by atoms with Crippen molar-refractivity contribution in [1.29, 1.82) is 0 Å². The van der Waals surface area contributed by atoms with E-state index in [0.717, 1.165) is 16.9 Å². The topological polar surface area (TPSA) is 69.0 Å². The lowest BCUT2D eigenvalue weighted by Gasteiger charge is -2.15. The first-order valence-corrected chi connectivity index (χ1v) is 12.2. The smallest absolute Gasteiger partial charge is 0.234 e. The van der Waals surface area contributed by atoms with Crippen LogP contribution in [-0.2, 0) is 17.9 Å². The van der Waals surface area contributed by atoms with Gasteiger partial charge in [0.2, 0.25) is 5.91 Å². The van der Waals surface area contributed by atoms with Crippen molar-refractivity contribution in [2.45, 2.75) is 45.0 Å². The van der Waals surface area contributed by atoms with E-state index in [9.17, 15) is 4.79 Å². The minimum atomic E-state index is -0.189. The number of amides is 1. The van der Waals surface area contributed by atoms with Gasteiger partial charge >= 0.3 is 0 Å². The minimum Gasteiger partial charge on any atom is -0.485 e. The van der Waals surface area contributed by atoms with Gasteiger partial charge in [-0.3, -0.25) is 9.36 Å². The molecule has 0 saturated carbocycles. The highest BCUT2D eigenvalue weighted by Gasteiger charge is 2.16. The van der Waals surface area contributed by atoms with Gasteiger partial charge in [0.15, 0.2) is 11.0 Å². The molecule has 0 aliphatic carbocycles. The van der Waals surface area contributed by atoms with Crippen LogP contribution in [0.15, 0.2) is 54.2 Å².